The SMILES string of the molecule is CCCCO/N=C(/C(N)=O)c1ccccc1. The summed E-state index contributed by atoms with van der Waals surface area (Å²) in [5.41, 5.74) is 6.07. The molecule has 1 aromatic carbocycles. The minimum absolute atomic E-state index is 0.164. The predicted molar refractivity (Wildman–Crippen MR) is 63.0 cm³/mol. The maximum atomic E-state index is 11.2. The van der Waals surface area contributed by atoms with Gasteiger partial charge in [0.1, 0.15) is 6.61 Å². The number of hydrogen-bond acceptors (Lipinski definition) is 3. The van der Waals surface area contributed by atoms with Crippen LogP contribution in [0.3, 0.4) is 0 Å². The molecule has 1 amide bonds. The van der Waals surface area contributed by atoms with Gasteiger partial charge in [-0.1, -0.05) is 48.8 Å². The summed E-state index contributed by atoms with van der Waals surface area (Å²) in [6.45, 7) is 2.55. The Morgan fingerprint density at radius 2 is 2.06 bits per heavy atom. The van der Waals surface area contributed by atoms with Gasteiger partial charge in [-0.05, 0) is 6.42 Å². The second-order valence-electron chi connectivity index (χ2n) is 3.36. The van der Waals surface area contributed by atoms with E-state index in [4.69, 9.17) is 10.6 Å². The van der Waals surface area contributed by atoms with E-state index in [0.717, 1.165) is 12.8 Å². The lowest BCUT2D eigenvalue weighted by molar-refractivity contribution is -0.112. The van der Waals surface area contributed by atoms with Crippen LogP contribution in [0, 0.1) is 0 Å². The molecule has 0 radical (unpaired) electrons. The summed E-state index contributed by atoms with van der Waals surface area (Å²) >= 11 is 0. The first-order chi connectivity index (χ1) is 7.75. The van der Waals surface area contributed by atoms with Gasteiger partial charge in [-0.3, -0.25) is 4.79 Å². The number of unbranched alkanes of at least 4 members (excludes halogenated alkanes) is 1. The van der Waals surface area contributed by atoms with Gasteiger partial charge in [-0.2, -0.15) is 0 Å². The fraction of sp³-hybridized carbons (Fsp3) is 0.333. The molecule has 0 bridgehead atoms. The lowest BCUT2D eigenvalue weighted by Crippen LogP contribution is -2.24. The maximum absolute atomic E-state index is 11.2. The quantitative estimate of drug-likeness (QED) is 0.450. The van der Waals surface area contributed by atoms with E-state index in [0.29, 0.717) is 12.2 Å². The van der Waals surface area contributed by atoms with E-state index < -0.39 is 5.91 Å². The summed E-state index contributed by atoms with van der Waals surface area (Å²) in [6.07, 6.45) is 1.93. The van der Waals surface area contributed by atoms with Crippen LogP contribution in [0.5, 0.6) is 0 Å². The Morgan fingerprint density at radius 3 is 2.62 bits per heavy atom. The van der Waals surface area contributed by atoms with Crippen LogP contribution in [-0.4, -0.2) is 18.2 Å². The fourth-order valence-corrected chi connectivity index (χ4v) is 1.16. The van der Waals surface area contributed by atoms with Crippen LogP contribution in [0.15, 0.2) is 35.5 Å². The number of carbonyl (C=O) groups is 1. The highest BCUT2D eigenvalue weighted by atomic mass is 16.6. The number of rotatable bonds is 6. The molecular weight excluding hydrogens is 204 g/mol. The smallest absolute Gasteiger partial charge is 0.271 e. The fourth-order valence-electron chi connectivity index (χ4n) is 1.16. The molecule has 0 aromatic heterocycles. The average molecular weight is 220 g/mol. The van der Waals surface area contributed by atoms with Gasteiger partial charge >= 0.3 is 0 Å². The van der Waals surface area contributed by atoms with Crippen molar-refractivity contribution in [3.63, 3.8) is 0 Å². The van der Waals surface area contributed by atoms with Crippen molar-refractivity contribution >= 4 is 11.6 Å². The number of amides is 1. The van der Waals surface area contributed by atoms with Crippen molar-refractivity contribution in [1.29, 1.82) is 0 Å². The maximum Gasteiger partial charge on any atom is 0.271 e. The first-order valence-corrected chi connectivity index (χ1v) is 5.31. The summed E-state index contributed by atoms with van der Waals surface area (Å²) in [5, 5.41) is 3.77. The molecule has 1 rings (SSSR count). The molecule has 4 nitrogen and oxygen atoms in total. The van der Waals surface area contributed by atoms with Gasteiger partial charge in [0, 0.05) is 5.56 Å². The van der Waals surface area contributed by atoms with Crippen molar-refractivity contribution in [2.75, 3.05) is 6.61 Å². The van der Waals surface area contributed by atoms with E-state index in [1.807, 2.05) is 18.2 Å². The van der Waals surface area contributed by atoms with Gasteiger partial charge in [0.05, 0.1) is 0 Å². The summed E-state index contributed by atoms with van der Waals surface area (Å²) < 4.78 is 0. The highest BCUT2D eigenvalue weighted by Crippen LogP contribution is 2.02. The van der Waals surface area contributed by atoms with Gasteiger partial charge in [0.2, 0.25) is 0 Å². The molecule has 0 aliphatic rings. The monoisotopic (exact) mass is 220 g/mol. The van der Waals surface area contributed by atoms with Crippen LogP contribution in [0.25, 0.3) is 0 Å². The first-order valence-electron chi connectivity index (χ1n) is 5.31. The van der Waals surface area contributed by atoms with Crippen molar-refractivity contribution in [3.8, 4) is 0 Å². The Bertz CT molecular complexity index is 361. The standard InChI is InChI=1S/C12H16N2O2/c1-2-3-9-16-14-11(12(13)15)10-7-5-4-6-8-10/h4-8H,2-3,9H2,1H3,(H2,13,15)/b14-11+. The van der Waals surface area contributed by atoms with Crippen LogP contribution in [0.4, 0.5) is 0 Å². The number of nitrogens with zero attached hydrogens (tertiary/aromatic N) is 1. The molecule has 16 heavy (non-hydrogen) atoms. The minimum atomic E-state index is -0.581. The number of carbonyl (C=O) groups excluding carboxylic acids is 1. The zero-order chi connectivity index (χ0) is 11.8. The minimum Gasteiger partial charge on any atom is -0.395 e. The molecule has 0 spiro atoms. The normalized spacial score (nSPS) is 11.2. The third-order valence-electron chi connectivity index (χ3n) is 2.03. The second-order valence-corrected chi connectivity index (χ2v) is 3.36. The Hall–Kier alpha value is -1.84. The molecular formula is C12H16N2O2. The third-order valence-corrected chi connectivity index (χ3v) is 2.03. The van der Waals surface area contributed by atoms with E-state index in [9.17, 15) is 4.79 Å². The summed E-state index contributed by atoms with van der Waals surface area (Å²) in [7, 11) is 0. The van der Waals surface area contributed by atoms with Crippen molar-refractivity contribution in [1.82, 2.24) is 0 Å². The predicted octanol–water partition coefficient (Wildman–Crippen LogP) is 1.69. The third kappa shape index (κ3) is 3.73. The molecule has 86 valence electrons. The Labute approximate surface area is 95.1 Å². The van der Waals surface area contributed by atoms with Crippen LogP contribution in [0.2, 0.25) is 0 Å². The molecule has 0 saturated carbocycles. The molecule has 0 unspecified atom stereocenters. The molecule has 1 aromatic rings. The molecule has 0 heterocycles. The van der Waals surface area contributed by atoms with Crippen LogP contribution < -0.4 is 5.73 Å². The lowest BCUT2D eigenvalue weighted by Gasteiger charge is -2.02. The van der Waals surface area contributed by atoms with Crippen molar-refractivity contribution in [2.24, 2.45) is 10.9 Å². The molecule has 0 fully saturated rings. The molecule has 0 atom stereocenters. The van der Waals surface area contributed by atoms with E-state index in [1.54, 1.807) is 12.1 Å². The van der Waals surface area contributed by atoms with Gasteiger partial charge in [-0.25, -0.2) is 0 Å². The number of hydrogen-bond donors (Lipinski definition) is 1. The molecule has 0 aliphatic heterocycles. The van der Waals surface area contributed by atoms with Crippen LogP contribution in [-0.2, 0) is 9.63 Å². The number of benzene rings is 1. The van der Waals surface area contributed by atoms with Crippen LogP contribution >= 0.6 is 0 Å². The van der Waals surface area contributed by atoms with E-state index >= 15 is 0 Å². The van der Waals surface area contributed by atoms with Gasteiger partial charge in [0.15, 0.2) is 5.71 Å². The Balaban J connectivity index is 2.72. The van der Waals surface area contributed by atoms with Crippen molar-refractivity contribution in [3.05, 3.63) is 35.9 Å². The Morgan fingerprint density at radius 1 is 1.38 bits per heavy atom. The second kappa shape index (κ2) is 6.61. The number of nitrogens with two attached hydrogens (primary N) is 1. The average Bonchev–Trinajstić information content (AvgIpc) is 2.30. The van der Waals surface area contributed by atoms with Gasteiger partial charge < -0.3 is 10.6 Å². The lowest BCUT2D eigenvalue weighted by atomic mass is 10.1. The summed E-state index contributed by atoms with van der Waals surface area (Å²) in [6, 6.07) is 9.04. The zero-order valence-electron chi connectivity index (χ0n) is 9.35. The highest BCUT2D eigenvalue weighted by molar-refractivity contribution is 6.44. The van der Waals surface area contributed by atoms with Gasteiger partial charge in [0.25, 0.3) is 5.91 Å². The molecule has 0 aliphatic carbocycles. The number of oxime groups is 1. The topological polar surface area (TPSA) is 64.7 Å². The summed E-state index contributed by atoms with van der Waals surface area (Å²) in [4.78, 5) is 16.2. The van der Waals surface area contributed by atoms with E-state index in [2.05, 4.69) is 12.1 Å². The van der Waals surface area contributed by atoms with E-state index in [1.165, 1.54) is 0 Å². The number of primary amides is 1. The Kier molecular flexibility index (Phi) is 5.05. The van der Waals surface area contributed by atoms with Gasteiger partial charge in [-0.15, -0.1) is 0 Å². The van der Waals surface area contributed by atoms with Crippen molar-refractivity contribution < 1.29 is 9.63 Å². The molecule has 2 N–H and O–H groups in total. The van der Waals surface area contributed by atoms with E-state index in [-0.39, 0.29) is 5.71 Å². The van der Waals surface area contributed by atoms with Crippen LogP contribution in [0.1, 0.15) is 25.3 Å². The first kappa shape index (κ1) is 12.2. The summed E-state index contributed by atoms with van der Waals surface area (Å²) in [5.74, 6) is -0.581. The van der Waals surface area contributed by atoms with Crippen molar-refractivity contribution in [2.45, 2.75) is 19.8 Å². The molecule has 0 saturated heterocycles. The zero-order valence-corrected chi connectivity index (χ0v) is 9.35. The molecule has 4 heteroatoms. The largest absolute Gasteiger partial charge is 0.395 e. The highest BCUT2D eigenvalue weighted by Gasteiger charge is 2.10.